The summed E-state index contributed by atoms with van der Waals surface area (Å²) in [5, 5.41) is 0.585. The van der Waals surface area contributed by atoms with Gasteiger partial charge in [-0.3, -0.25) is 0 Å². The summed E-state index contributed by atoms with van der Waals surface area (Å²) >= 11 is 4.67. The fraction of sp³-hybridized carbons (Fsp3) is 0.800. The molecule has 0 atom stereocenters. The molecule has 0 aliphatic rings. The maximum atomic E-state index is 5.03. The fourth-order valence-corrected chi connectivity index (χ4v) is 1.00. The molecule has 0 heterocycles. The van der Waals surface area contributed by atoms with E-state index >= 15 is 0 Å². The Morgan fingerprint density at radius 2 is 2.33 bits per heavy atom. The molecule has 2 radical (unpaired) electrons. The summed E-state index contributed by atoms with van der Waals surface area (Å²) in [4.78, 5) is 0. The minimum absolute atomic E-state index is 0.415. The Morgan fingerprint density at radius 3 is 2.78 bits per heavy atom. The van der Waals surface area contributed by atoms with Gasteiger partial charge < -0.3 is 9.16 Å². The van der Waals surface area contributed by atoms with Gasteiger partial charge in [0.1, 0.15) is 6.23 Å². The van der Waals surface area contributed by atoms with Gasteiger partial charge in [0.2, 0.25) is 0 Å². The smallest absolute Gasteiger partial charge is 0.273 e. The first-order chi connectivity index (χ1) is 4.27. The van der Waals surface area contributed by atoms with E-state index < -0.39 is 0 Å². The predicted octanol–water partition coefficient (Wildman–Crippen LogP) is 0.964. The van der Waals surface area contributed by atoms with Crippen LogP contribution in [0, 0.1) is 0 Å². The van der Waals surface area contributed by atoms with Gasteiger partial charge in [0.25, 0.3) is 9.76 Å². The first-order valence-corrected chi connectivity index (χ1v) is 4.27. The van der Waals surface area contributed by atoms with Crippen LogP contribution in [-0.2, 0) is 9.16 Å². The lowest BCUT2D eigenvalue weighted by molar-refractivity contribution is 0.311. The second-order valence-electron chi connectivity index (χ2n) is 1.36. The van der Waals surface area contributed by atoms with E-state index in [-0.39, 0.29) is 0 Å². The van der Waals surface area contributed by atoms with Crippen LogP contribution in [0.3, 0.4) is 0 Å². The van der Waals surface area contributed by atoms with Crippen LogP contribution in [0.15, 0.2) is 0 Å². The van der Waals surface area contributed by atoms with Crippen molar-refractivity contribution < 1.29 is 9.16 Å². The van der Waals surface area contributed by atoms with Crippen LogP contribution < -0.4 is 0 Å². The van der Waals surface area contributed by atoms with Crippen LogP contribution in [0.1, 0.15) is 13.8 Å². The summed E-state index contributed by atoms with van der Waals surface area (Å²) in [5.74, 6) is 0. The van der Waals surface area contributed by atoms with E-state index in [0.717, 1.165) is 6.61 Å². The maximum absolute atomic E-state index is 5.03. The monoisotopic (exact) mass is 162 g/mol. The highest BCUT2D eigenvalue weighted by atomic mass is 32.1. The van der Waals surface area contributed by atoms with Crippen molar-refractivity contribution in [2.24, 2.45) is 0 Å². The Balaban J connectivity index is 2.83. The lowest BCUT2D eigenvalue weighted by Crippen LogP contribution is -2.09. The molecule has 4 heteroatoms. The average Bonchev–Trinajstić information content (AvgIpc) is 1.80. The van der Waals surface area contributed by atoms with Gasteiger partial charge >= 0.3 is 0 Å². The molecule has 0 saturated heterocycles. The molecule has 0 bridgehead atoms. The summed E-state index contributed by atoms with van der Waals surface area (Å²) in [7, 11) is 0.415. The highest BCUT2D eigenvalue weighted by Gasteiger charge is 1.89. The van der Waals surface area contributed by atoms with Gasteiger partial charge in [-0.25, -0.2) is 0 Å². The lowest BCUT2D eigenvalue weighted by atomic mass is 10.9. The van der Waals surface area contributed by atoms with Crippen molar-refractivity contribution in [3.8, 4) is 0 Å². The predicted molar refractivity (Wildman–Crippen MR) is 41.6 cm³/mol. The van der Waals surface area contributed by atoms with E-state index in [9.17, 15) is 0 Å². The van der Waals surface area contributed by atoms with Gasteiger partial charge in [-0.05, 0) is 19.1 Å². The molecule has 0 aromatic rings. The van der Waals surface area contributed by atoms with Gasteiger partial charge in [0.05, 0.1) is 0 Å². The molecule has 2 nitrogen and oxygen atoms in total. The highest BCUT2D eigenvalue weighted by Crippen LogP contribution is 1.78. The van der Waals surface area contributed by atoms with Crippen molar-refractivity contribution in [3.05, 3.63) is 0 Å². The third-order valence-corrected chi connectivity index (χ3v) is 1.45. The molecule has 0 amide bonds. The summed E-state index contributed by atoms with van der Waals surface area (Å²) in [6, 6.07) is 0. The minimum atomic E-state index is 0.415. The topological polar surface area (TPSA) is 18.5 Å². The SMILES string of the molecule is CCO[Si]COC(C)=S. The molecule has 0 unspecified atom stereocenters. The van der Waals surface area contributed by atoms with Crippen molar-refractivity contribution in [1.29, 1.82) is 0 Å². The summed E-state index contributed by atoms with van der Waals surface area (Å²) in [5.41, 5.74) is 0. The number of rotatable bonds is 4. The quantitative estimate of drug-likeness (QED) is 0.348. The molecule has 0 aliphatic carbocycles. The molecule has 0 aromatic heterocycles. The second-order valence-corrected chi connectivity index (χ2v) is 2.80. The Bertz CT molecular complexity index is 87.0. The van der Waals surface area contributed by atoms with Gasteiger partial charge in [0.15, 0.2) is 5.05 Å². The van der Waals surface area contributed by atoms with Gasteiger partial charge in [-0.15, -0.1) is 0 Å². The van der Waals surface area contributed by atoms with Crippen LogP contribution in [0.5, 0.6) is 0 Å². The number of ether oxygens (including phenoxy) is 1. The zero-order chi connectivity index (χ0) is 7.11. The first kappa shape index (κ1) is 9.07. The van der Waals surface area contributed by atoms with E-state index in [0.29, 0.717) is 21.0 Å². The molecule has 0 N–H and O–H groups in total. The first-order valence-electron chi connectivity index (χ1n) is 2.75. The van der Waals surface area contributed by atoms with E-state index in [1.54, 1.807) is 6.92 Å². The third kappa shape index (κ3) is 8.07. The van der Waals surface area contributed by atoms with Crippen LogP contribution in [0.25, 0.3) is 0 Å². The standard InChI is InChI=1S/C5H10O2SSi/c1-3-7-9-4-6-5(2)8/h3-4H2,1-2H3. The minimum Gasteiger partial charge on any atom is -0.488 e. The molecule has 0 saturated carbocycles. The van der Waals surface area contributed by atoms with Crippen LogP contribution in [0.4, 0.5) is 0 Å². The maximum Gasteiger partial charge on any atom is 0.273 e. The van der Waals surface area contributed by atoms with Crippen molar-refractivity contribution in [3.63, 3.8) is 0 Å². The fourth-order valence-electron chi connectivity index (χ4n) is 0.275. The van der Waals surface area contributed by atoms with Gasteiger partial charge in [0, 0.05) is 13.5 Å². The Kier molecular flexibility index (Phi) is 6.24. The van der Waals surface area contributed by atoms with Crippen LogP contribution >= 0.6 is 12.2 Å². The molecule has 9 heavy (non-hydrogen) atoms. The zero-order valence-electron chi connectivity index (χ0n) is 5.64. The zero-order valence-corrected chi connectivity index (χ0v) is 7.46. The van der Waals surface area contributed by atoms with E-state index in [4.69, 9.17) is 9.16 Å². The number of hydrogen-bond donors (Lipinski definition) is 0. The molecular formula is C5H10O2SSi. The largest absolute Gasteiger partial charge is 0.488 e. The number of hydrogen-bond acceptors (Lipinski definition) is 3. The molecule has 0 fully saturated rings. The summed E-state index contributed by atoms with van der Waals surface area (Å²) in [6.45, 7) is 4.46. The second kappa shape index (κ2) is 6.19. The van der Waals surface area contributed by atoms with Crippen molar-refractivity contribution in [2.75, 3.05) is 12.8 Å². The van der Waals surface area contributed by atoms with Crippen molar-refractivity contribution >= 4 is 27.0 Å². The molecule has 0 spiro atoms. The third-order valence-electron chi connectivity index (χ3n) is 0.581. The summed E-state index contributed by atoms with van der Waals surface area (Å²) in [6.07, 6.45) is 0.600. The van der Waals surface area contributed by atoms with Crippen molar-refractivity contribution in [1.82, 2.24) is 0 Å². The van der Waals surface area contributed by atoms with E-state index in [1.165, 1.54) is 0 Å². The average molecular weight is 162 g/mol. The Hall–Kier alpha value is 0.0669. The van der Waals surface area contributed by atoms with E-state index in [1.807, 2.05) is 6.92 Å². The molecular weight excluding hydrogens is 152 g/mol. The molecule has 0 rings (SSSR count). The molecule has 52 valence electrons. The van der Waals surface area contributed by atoms with Crippen molar-refractivity contribution in [2.45, 2.75) is 13.8 Å². The highest BCUT2D eigenvalue weighted by molar-refractivity contribution is 7.80. The van der Waals surface area contributed by atoms with Crippen LogP contribution in [0.2, 0.25) is 0 Å². The van der Waals surface area contributed by atoms with Gasteiger partial charge in [-0.1, -0.05) is 0 Å². The Morgan fingerprint density at radius 1 is 1.67 bits per heavy atom. The molecule has 0 aliphatic heterocycles. The number of thiocarbonyl (C=S) groups is 1. The van der Waals surface area contributed by atoms with Crippen LogP contribution in [-0.4, -0.2) is 27.7 Å². The Labute approximate surface area is 63.5 Å². The normalized spacial score (nSPS) is 9.11. The molecule has 0 aromatic carbocycles. The summed E-state index contributed by atoms with van der Waals surface area (Å²) < 4.78 is 9.99. The van der Waals surface area contributed by atoms with Gasteiger partial charge in [-0.2, -0.15) is 0 Å². The van der Waals surface area contributed by atoms with E-state index in [2.05, 4.69) is 12.2 Å². The lowest BCUT2D eigenvalue weighted by Gasteiger charge is -2.00.